The van der Waals surface area contributed by atoms with E-state index in [-0.39, 0.29) is 6.54 Å². The average Bonchev–Trinajstić information content (AvgIpc) is 2.65. The van der Waals surface area contributed by atoms with Crippen LogP contribution in [0.1, 0.15) is 15.9 Å². The van der Waals surface area contributed by atoms with E-state index >= 15 is 0 Å². The molecule has 0 spiro atoms. The fourth-order valence-corrected chi connectivity index (χ4v) is 2.24. The monoisotopic (exact) mass is 375 g/mol. The van der Waals surface area contributed by atoms with Crippen molar-refractivity contribution >= 4 is 29.6 Å². The number of ether oxygens (including phenoxy) is 2. The highest BCUT2D eigenvalue weighted by Crippen LogP contribution is 2.27. The second kappa shape index (κ2) is 9.43. The zero-order valence-corrected chi connectivity index (χ0v) is 15.0. The number of nitrogens with zero attached hydrogens (tertiary/aromatic N) is 1. The van der Waals surface area contributed by atoms with Crippen LogP contribution >= 0.6 is 11.6 Å². The Bertz CT molecular complexity index is 824. The molecule has 2 amide bonds. The number of hydrogen-bond acceptors (Lipinski definition) is 5. The zero-order valence-electron chi connectivity index (χ0n) is 14.3. The first-order chi connectivity index (χ1) is 12.5. The summed E-state index contributed by atoms with van der Waals surface area (Å²) in [4.78, 5) is 23.9. The van der Waals surface area contributed by atoms with Crippen molar-refractivity contribution in [3.63, 3.8) is 0 Å². The summed E-state index contributed by atoms with van der Waals surface area (Å²) < 4.78 is 10.3. The lowest BCUT2D eigenvalue weighted by atomic mass is 10.2. The summed E-state index contributed by atoms with van der Waals surface area (Å²) >= 11 is 5.86. The maximum absolute atomic E-state index is 12.1. The second-order valence-corrected chi connectivity index (χ2v) is 5.54. The number of hydrazone groups is 1. The highest BCUT2D eigenvalue weighted by atomic mass is 35.5. The van der Waals surface area contributed by atoms with Crippen LogP contribution in [0.25, 0.3) is 0 Å². The summed E-state index contributed by atoms with van der Waals surface area (Å²) in [5.41, 5.74) is 3.41. The van der Waals surface area contributed by atoms with Crippen LogP contribution < -0.4 is 20.2 Å². The summed E-state index contributed by atoms with van der Waals surface area (Å²) in [6.45, 7) is -0.222. The zero-order chi connectivity index (χ0) is 18.9. The molecular formula is C18H18ClN3O4. The summed E-state index contributed by atoms with van der Waals surface area (Å²) in [5.74, 6) is 0.0601. The first kappa shape index (κ1) is 19.3. The van der Waals surface area contributed by atoms with Crippen LogP contribution in [0.3, 0.4) is 0 Å². The number of methoxy groups -OCH3 is 2. The maximum Gasteiger partial charge on any atom is 0.259 e. The molecule has 0 saturated heterocycles. The number of halogens is 1. The van der Waals surface area contributed by atoms with Gasteiger partial charge >= 0.3 is 0 Å². The Morgan fingerprint density at radius 1 is 1.12 bits per heavy atom. The largest absolute Gasteiger partial charge is 0.493 e. The van der Waals surface area contributed by atoms with E-state index in [1.165, 1.54) is 26.5 Å². The van der Waals surface area contributed by atoms with Gasteiger partial charge in [0.05, 0.1) is 27.0 Å². The summed E-state index contributed by atoms with van der Waals surface area (Å²) in [6, 6.07) is 11.7. The fourth-order valence-electron chi connectivity index (χ4n) is 2.05. The van der Waals surface area contributed by atoms with Gasteiger partial charge < -0.3 is 14.8 Å². The molecule has 2 aromatic carbocycles. The Labute approximate surface area is 155 Å². The minimum atomic E-state index is -0.461. The lowest BCUT2D eigenvalue weighted by Crippen LogP contribution is -2.34. The van der Waals surface area contributed by atoms with Crippen LogP contribution in [0, 0.1) is 0 Å². The van der Waals surface area contributed by atoms with Gasteiger partial charge in [0.25, 0.3) is 11.8 Å². The van der Waals surface area contributed by atoms with Crippen molar-refractivity contribution in [2.24, 2.45) is 5.10 Å². The van der Waals surface area contributed by atoms with Crippen molar-refractivity contribution in [3.05, 3.63) is 58.6 Å². The second-order valence-electron chi connectivity index (χ2n) is 5.10. The SMILES string of the molecule is COc1ccc(C(=O)NCC(=O)N/N=C/c2cccc(Cl)c2)cc1OC. The predicted octanol–water partition coefficient (Wildman–Crippen LogP) is 2.24. The highest BCUT2D eigenvalue weighted by molar-refractivity contribution is 6.30. The molecule has 0 saturated carbocycles. The standard InChI is InChI=1S/C18H18ClN3O4/c1-25-15-7-6-13(9-16(15)26-2)18(24)20-11-17(23)22-21-10-12-4-3-5-14(19)8-12/h3-10H,11H2,1-2H3,(H,20,24)(H,22,23)/b21-10+. The van der Waals surface area contributed by atoms with E-state index in [1.54, 1.807) is 36.4 Å². The minimum absolute atomic E-state index is 0.222. The third-order valence-corrected chi connectivity index (χ3v) is 3.54. The molecule has 26 heavy (non-hydrogen) atoms. The quantitative estimate of drug-likeness (QED) is 0.573. The van der Waals surface area contributed by atoms with Gasteiger partial charge in [0.2, 0.25) is 0 Å². The van der Waals surface area contributed by atoms with Crippen LogP contribution in [-0.4, -0.2) is 38.8 Å². The molecule has 0 radical (unpaired) electrons. The molecular weight excluding hydrogens is 358 g/mol. The Morgan fingerprint density at radius 3 is 2.58 bits per heavy atom. The van der Waals surface area contributed by atoms with Gasteiger partial charge in [-0.2, -0.15) is 5.10 Å². The average molecular weight is 376 g/mol. The molecule has 0 bridgehead atoms. The lowest BCUT2D eigenvalue weighted by Gasteiger charge is -2.09. The maximum atomic E-state index is 12.1. The van der Waals surface area contributed by atoms with Crippen molar-refractivity contribution in [1.82, 2.24) is 10.7 Å². The third kappa shape index (κ3) is 5.49. The normalized spacial score (nSPS) is 10.4. The molecule has 0 atom stereocenters. The van der Waals surface area contributed by atoms with Gasteiger partial charge in [-0.15, -0.1) is 0 Å². The number of amides is 2. The number of nitrogens with one attached hydrogen (secondary N) is 2. The van der Waals surface area contributed by atoms with E-state index in [2.05, 4.69) is 15.8 Å². The predicted molar refractivity (Wildman–Crippen MR) is 99.1 cm³/mol. The van der Waals surface area contributed by atoms with E-state index < -0.39 is 11.8 Å². The van der Waals surface area contributed by atoms with Crippen LogP contribution in [0.15, 0.2) is 47.6 Å². The minimum Gasteiger partial charge on any atom is -0.493 e. The fraction of sp³-hybridized carbons (Fsp3) is 0.167. The smallest absolute Gasteiger partial charge is 0.259 e. The van der Waals surface area contributed by atoms with E-state index in [9.17, 15) is 9.59 Å². The Hall–Kier alpha value is -3.06. The van der Waals surface area contributed by atoms with Gasteiger partial charge in [-0.05, 0) is 35.9 Å². The van der Waals surface area contributed by atoms with Crippen LogP contribution in [-0.2, 0) is 4.79 Å². The van der Waals surface area contributed by atoms with Crippen LogP contribution in [0.5, 0.6) is 11.5 Å². The topological polar surface area (TPSA) is 89.0 Å². The van der Waals surface area contributed by atoms with Gasteiger partial charge in [0.15, 0.2) is 11.5 Å². The van der Waals surface area contributed by atoms with Gasteiger partial charge in [-0.3, -0.25) is 9.59 Å². The molecule has 2 rings (SSSR count). The van der Waals surface area contributed by atoms with Gasteiger partial charge in [0.1, 0.15) is 0 Å². The van der Waals surface area contributed by atoms with Crippen molar-refractivity contribution in [1.29, 1.82) is 0 Å². The number of hydrogen-bond donors (Lipinski definition) is 2. The molecule has 7 nitrogen and oxygen atoms in total. The molecule has 0 aliphatic rings. The molecule has 0 heterocycles. The van der Waals surface area contributed by atoms with Crippen molar-refractivity contribution in [3.8, 4) is 11.5 Å². The van der Waals surface area contributed by atoms with Crippen LogP contribution in [0.2, 0.25) is 5.02 Å². The summed E-state index contributed by atoms with van der Waals surface area (Å²) in [6.07, 6.45) is 1.46. The summed E-state index contributed by atoms with van der Waals surface area (Å²) in [7, 11) is 2.98. The highest BCUT2D eigenvalue weighted by Gasteiger charge is 2.11. The van der Waals surface area contributed by atoms with Crippen molar-refractivity contribution in [2.45, 2.75) is 0 Å². The van der Waals surface area contributed by atoms with Gasteiger partial charge in [-0.25, -0.2) is 5.43 Å². The Balaban J connectivity index is 1.86. The van der Waals surface area contributed by atoms with E-state index in [0.29, 0.717) is 22.1 Å². The van der Waals surface area contributed by atoms with E-state index in [1.807, 2.05) is 0 Å². The number of carbonyl (C=O) groups is 2. The summed E-state index contributed by atoms with van der Waals surface area (Å²) in [5, 5.41) is 6.89. The Kier molecular flexibility index (Phi) is 6.99. The number of rotatable bonds is 7. The van der Waals surface area contributed by atoms with Crippen molar-refractivity contribution < 1.29 is 19.1 Å². The third-order valence-electron chi connectivity index (χ3n) is 3.31. The lowest BCUT2D eigenvalue weighted by molar-refractivity contribution is -0.120. The molecule has 136 valence electrons. The molecule has 2 N–H and O–H groups in total. The Morgan fingerprint density at radius 2 is 1.88 bits per heavy atom. The van der Waals surface area contributed by atoms with E-state index in [0.717, 1.165) is 5.56 Å². The molecule has 0 unspecified atom stereocenters. The molecule has 0 aliphatic carbocycles. The number of carbonyl (C=O) groups excluding carboxylic acids is 2. The van der Waals surface area contributed by atoms with Crippen molar-refractivity contribution in [2.75, 3.05) is 20.8 Å². The molecule has 2 aromatic rings. The van der Waals surface area contributed by atoms with E-state index in [4.69, 9.17) is 21.1 Å². The first-order valence-electron chi connectivity index (χ1n) is 7.61. The molecule has 0 aromatic heterocycles. The number of benzene rings is 2. The molecule has 0 aliphatic heterocycles. The van der Waals surface area contributed by atoms with Crippen LogP contribution in [0.4, 0.5) is 0 Å². The van der Waals surface area contributed by atoms with Gasteiger partial charge in [0, 0.05) is 10.6 Å². The molecule has 0 fully saturated rings. The molecule has 8 heteroatoms. The van der Waals surface area contributed by atoms with Gasteiger partial charge in [-0.1, -0.05) is 23.7 Å². The first-order valence-corrected chi connectivity index (χ1v) is 7.99.